The van der Waals surface area contributed by atoms with Gasteiger partial charge in [0.1, 0.15) is 5.82 Å². The second-order valence-corrected chi connectivity index (χ2v) is 3.73. The molecule has 0 aliphatic heterocycles. The van der Waals surface area contributed by atoms with Crippen LogP contribution in [0.3, 0.4) is 0 Å². The molecule has 0 radical (unpaired) electrons. The van der Waals surface area contributed by atoms with Gasteiger partial charge in [-0.3, -0.25) is 4.79 Å². The Balaban J connectivity index is 2.60. The first-order valence-corrected chi connectivity index (χ1v) is 5.16. The minimum Gasteiger partial charge on any atom is -0.469 e. The molecule has 0 heterocycles. The van der Waals surface area contributed by atoms with Crippen LogP contribution in [-0.2, 0) is 16.0 Å². The van der Waals surface area contributed by atoms with Crippen LogP contribution in [0.4, 0.5) is 10.1 Å². The molecule has 0 aromatic heterocycles. The van der Waals surface area contributed by atoms with Crippen LogP contribution >= 0.6 is 0 Å². The highest BCUT2D eigenvalue weighted by atomic mass is 19.1. The topological polar surface area (TPSA) is 52.3 Å². The first-order valence-electron chi connectivity index (χ1n) is 5.16. The molecule has 0 amide bonds. The molecule has 0 unspecified atom stereocenters. The number of methoxy groups -OCH3 is 1. The van der Waals surface area contributed by atoms with Crippen LogP contribution in [0.2, 0.25) is 0 Å². The molecule has 3 nitrogen and oxygen atoms in total. The van der Waals surface area contributed by atoms with Crippen LogP contribution in [-0.4, -0.2) is 13.1 Å². The number of aryl methyl sites for hydroxylation is 2. The van der Waals surface area contributed by atoms with E-state index in [1.165, 1.54) is 13.2 Å². The number of esters is 1. The normalized spacial score (nSPS) is 10.2. The highest BCUT2D eigenvalue weighted by molar-refractivity contribution is 5.69. The number of anilines is 1. The quantitative estimate of drug-likeness (QED) is 0.631. The van der Waals surface area contributed by atoms with Crippen molar-refractivity contribution >= 4 is 11.7 Å². The Morgan fingerprint density at radius 3 is 2.81 bits per heavy atom. The van der Waals surface area contributed by atoms with Crippen molar-refractivity contribution in [2.24, 2.45) is 0 Å². The molecular weight excluding hydrogens is 209 g/mol. The molecule has 0 aliphatic rings. The van der Waals surface area contributed by atoms with Gasteiger partial charge in [-0.25, -0.2) is 4.39 Å². The Labute approximate surface area is 94.4 Å². The Bertz CT molecular complexity index is 391. The molecule has 1 aromatic carbocycles. The first kappa shape index (κ1) is 12.5. The van der Waals surface area contributed by atoms with Crippen molar-refractivity contribution in [2.45, 2.75) is 26.2 Å². The van der Waals surface area contributed by atoms with E-state index < -0.39 is 0 Å². The number of carbonyl (C=O) groups excluding carboxylic acids is 1. The zero-order valence-corrected chi connectivity index (χ0v) is 9.55. The summed E-state index contributed by atoms with van der Waals surface area (Å²) in [6.45, 7) is 1.69. The van der Waals surface area contributed by atoms with E-state index in [0.717, 1.165) is 5.56 Å². The minimum atomic E-state index is -0.297. The number of nitrogen functional groups attached to an aromatic ring is 1. The van der Waals surface area contributed by atoms with Crippen LogP contribution in [0, 0.1) is 12.7 Å². The number of carbonyl (C=O) groups is 1. The van der Waals surface area contributed by atoms with E-state index in [2.05, 4.69) is 4.74 Å². The zero-order chi connectivity index (χ0) is 12.1. The molecule has 4 heteroatoms. The van der Waals surface area contributed by atoms with Gasteiger partial charge in [-0.1, -0.05) is 6.07 Å². The molecule has 0 spiro atoms. The van der Waals surface area contributed by atoms with Crippen LogP contribution in [0.1, 0.15) is 24.0 Å². The van der Waals surface area contributed by atoms with E-state index >= 15 is 0 Å². The Morgan fingerprint density at radius 2 is 2.19 bits per heavy atom. The Hall–Kier alpha value is -1.58. The summed E-state index contributed by atoms with van der Waals surface area (Å²) in [4.78, 5) is 10.9. The van der Waals surface area contributed by atoms with Crippen molar-refractivity contribution in [3.05, 3.63) is 29.1 Å². The smallest absolute Gasteiger partial charge is 0.305 e. The summed E-state index contributed by atoms with van der Waals surface area (Å²) in [6, 6.07) is 3.05. The van der Waals surface area contributed by atoms with Gasteiger partial charge in [0, 0.05) is 12.1 Å². The third-order valence-electron chi connectivity index (χ3n) is 2.48. The summed E-state index contributed by atoms with van der Waals surface area (Å²) >= 11 is 0. The number of hydrogen-bond donors (Lipinski definition) is 1. The fourth-order valence-electron chi connectivity index (χ4n) is 1.50. The van der Waals surface area contributed by atoms with Crippen LogP contribution < -0.4 is 5.73 Å². The predicted octanol–water partition coefficient (Wildman–Crippen LogP) is 2.21. The molecule has 0 atom stereocenters. The van der Waals surface area contributed by atoms with Gasteiger partial charge in [0.2, 0.25) is 0 Å². The molecule has 16 heavy (non-hydrogen) atoms. The second-order valence-electron chi connectivity index (χ2n) is 3.73. The summed E-state index contributed by atoms with van der Waals surface area (Å²) < 4.78 is 17.6. The monoisotopic (exact) mass is 225 g/mol. The van der Waals surface area contributed by atoms with Gasteiger partial charge in [0.25, 0.3) is 0 Å². The summed E-state index contributed by atoms with van der Waals surface area (Å²) in [7, 11) is 1.36. The molecule has 1 rings (SSSR count). The van der Waals surface area contributed by atoms with E-state index in [1.807, 2.05) is 0 Å². The second kappa shape index (κ2) is 5.49. The lowest BCUT2D eigenvalue weighted by atomic mass is 10.0. The molecule has 0 bridgehead atoms. The molecule has 0 saturated heterocycles. The maximum atomic E-state index is 13.1. The number of ether oxygens (including phenoxy) is 1. The Morgan fingerprint density at radius 1 is 1.50 bits per heavy atom. The highest BCUT2D eigenvalue weighted by Crippen LogP contribution is 2.19. The van der Waals surface area contributed by atoms with Gasteiger partial charge in [0.15, 0.2) is 0 Å². The average Bonchev–Trinajstić information content (AvgIpc) is 2.25. The minimum absolute atomic E-state index is 0.239. The van der Waals surface area contributed by atoms with Crippen LogP contribution in [0.15, 0.2) is 12.1 Å². The molecule has 0 fully saturated rings. The predicted molar refractivity (Wildman–Crippen MR) is 60.5 cm³/mol. The van der Waals surface area contributed by atoms with Crippen LogP contribution in [0.25, 0.3) is 0 Å². The van der Waals surface area contributed by atoms with E-state index in [1.54, 1.807) is 13.0 Å². The fourth-order valence-corrected chi connectivity index (χ4v) is 1.50. The van der Waals surface area contributed by atoms with Crippen molar-refractivity contribution in [1.82, 2.24) is 0 Å². The van der Waals surface area contributed by atoms with Crippen molar-refractivity contribution in [3.63, 3.8) is 0 Å². The first-order chi connectivity index (χ1) is 7.54. The van der Waals surface area contributed by atoms with E-state index in [-0.39, 0.29) is 11.8 Å². The Kier molecular flexibility index (Phi) is 4.28. The average molecular weight is 225 g/mol. The molecule has 1 aromatic rings. The third kappa shape index (κ3) is 3.22. The maximum absolute atomic E-state index is 13.1. The van der Waals surface area contributed by atoms with Crippen molar-refractivity contribution < 1.29 is 13.9 Å². The largest absolute Gasteiger partial charge is 0.469 e. The van der Waals surface area contributed by atoms with Crippen molar-refractivity contribution in [2.75, 3.05) is 12.8 Å². The van der Waals surface area contributed by atoms with Gasteiger partial charge >= 0.3 is 5.97 Å². The fraction of sp³-hybridized carbons (Fsp3) is 0.417. The lowest BCUT2D eigenvalue weighted by molar-refractivity contribution is -0.140. The number of rotatable bonds is 4. The highest BCUT2D eigenvalue weighted by Gasteiger charge is 2.06. The zero-order valence-electron chi connectivity index (χ0n) is 9.55. The van der Waals surface area contributed by atoms with Crippen LogP contribution in [0.5, 0.6) is 0 Å². The number of benzene rings is 1. The summed E-state index contributed by atoms with van der Waals surface area (Å²) in [5, 5.41) is 0. The van der Waals surface area contributed by atoms with Gasteiger partial charge in [-0.05, 0) is 37.0 Å². The summed E-state index contributed by atoms with van der Waals surface area (Å²) in [6.07, 6.45) is 1.66. The number of halogens is 1. The number of hydrogen-bond acceptors (Lipinski definition) is 3. The molecule has 0 saturated carbocycles. The SMILES string of the molecule is COC(=O)CCCc1cc(C)c(F)cc1N. The van der Waals surface area contributed by atoms with Gasteiger partial charge < -0.3 is 10.5 Å². The van der Waals surface area contributed by atoms with Crippen molar-refractivity contribution in [1.29, 1.82) is 0 Å². The van der Waals surface area contributed by atoms with E-state index in [9.17, 15) is 9.18 Å². The van der Waals surface area contributed by atoms with Gasteiger partial charge in [0.05, 0.1) is 7.11 Å². The maximum Gasteiger partial charge on any atom is 0.305 e. The van der Waals surface area contributed by atoms with Gasteiger partial charge in [-0.2, -0.15) is 0 Å². The molecule has 88 valence electrons. The lowest BCUT2D eigenvalue weighted by Crippen LogP contribution is -2.02. The summed E-state index contributed by atoms with van der Waals surface area (Å²) in [5.74, 6) is -0.536. The van der Waals surface area contributed by atoms with Gasteiger partial charge in [-0.15, -0.1) is 0 Å². The standard InChI is InChI=1S/C12H16FNO2/c1-8-6-9(11(14)7-10(8)13)4-3-5-12(15)16-2/h6-7H,3-5,14H2,1-2H3. The lowest BCUT2D eigenvalue weighted by Gasteiger charge is -2.07. The number of nitrogens with two attached hydrogens (primary N) is 1. The molecular formula is C12H16FNO2. The summed E-state index contributed by atoms with van der Waals surface area (Å²) in [5.41, 5.74) is 7.57. The molecule has 2 N–H and O–H groups in total. The van der Waals surface area contributed by atoms with E-state index in [4.69, 9.17) is 5.73 Å². The van der Waals surface area contributed by atoms with Crippen molar-refractivity contribution in [3.8, 4) is 0 Å². The van der Waals surface area contributed by atoms with E-state index in [0.29, 0.717) is 30.5 Å². The third-order valence-corrected chi connectivity index (χ3v) is 2.48. The molecule has 0 aliphatic carbocycles.